The van der Waals surface area contributed by atoms with E-state index in [4.69, 9.17) is 9.47 Å². The zero-order valence-electron chi connectivity index (χ0n) is 21.1. The van der Waals surface area contributed by atoms with Crippen LogP contribution in [0, 0.1) is 11.8 Å². The monoisotopic (exact) mass is 480 g/mol. The smallest absolute Gasteiger partial charge is 0.306 e. The van der Waals surface area contributed by atoms with E-state index >= 15 is 0 Å². The molecule has 0 radical (unpaired) electrons. The molecular weight excluding hydrogens is 436 g/mol. The Labute approximate surface area is 204 Å². The van der Waals surface area contributed by atoms with Crippen LogP contribution in [0.4, 0.5) is 0 Å². The van der Waals surface area contributed by atoms with Crippen molar-refractivity contribution in [2.24, 2.45) is 11.8 Å². The number of ether oxygens (including phenoxy) is 2. The minimum Gasteiger partial charge on any atom is -0.469 e. The van der Waals surface area contributed by atoms with Crippen LogP contribution >= 0.6 is 0 Å². The van der Waals surface area contributed by atoms with Crippen LogP contribution in [-0.4, -0.2) is 50.1 Å². The summed E-state index contributed by atoms with van der Waals surface area (Å²) >= 11 is 0. The summed E-state index contributed by atoms with van der Waals surface area (Å²) in [5.41, 5.74) is 0. The molecule has 2 rings (SSSR count). The van der Waals surface area contributed by atoms with E-state index in [9.17, 15) is 19.2 Å². The van der Waals surface area contributed by atoms with Crippen molar-refractivity contribution in [1.29, 1.82) is 0 Å². The number of amides is 2. The SMILES string of the molecule is COC(=O)CC(CCCCC(CC(=O)OC)C(=O)NC1CCCCC1)C(=O)NC1CCCCC1. The lowest BCUT2D eigenvalue weighted by atomic mass is 9.90. The summed E-state index contributed by atoms with van der Waals surface area (Å²) in [5, 5.41) is 6.25. The molecule has 34 heavy (non-hydrogen) atoms. The molecule has 2 aliphatic carbocycles. The van der Waals surface area contributed by atoms with Crippen LogP contribution in [0.25, 0.3) is 0 Å². The molecule has 0 saturated heterocycles. The summed E-state index contributed by atoms with van der Waals surface area (Å²) in [6.07, 6.45) is 13.4. The molecule has 2 N–H and O–H groups in total. The van der Waals surface area contributed by atoms with E-state index in [1.165, 1.54) is 27.1 Å². The maximum atomic E-state index is 12.9. The topological polar surface area (TPSA) is 111 Å². The Hall–Kier alpha value is -2.12. The predicted molar refractivity (Wildman–Crippen MR) is 129 cm³/mol. The van der Waals surface area contributed by atoms with Crippen molar-refractivity contribution in [3.8, 4) is 0 Å². The quantitative estimate of drug-likeness (QED) is 0.306. The third kappa shape index (κ3) is 10.4. The summed E-state index contributed by atoms with van der Waals surface area (Å²) in [7, 11) is 2.67. The summed E-state index contributed by atoms with van der Waals surface area (Å²) < 4.78 is 9.60. The highest BCUT2D eigenvalue weighted by Crippen LogP contribution is 2.23. The second-order valence-corrected chi connectivity index (χ2v) is 9.93. The van der Waals surface area contributed by atoms with Crippen molar-refractivity contribution < 1.29 is 28.7 Å². The summed E-state index contributed by atoms with van der Waals surface area (Å²) in [4.78, 5) is 49.5. The Morgan fingerprint density at radius 2 is 1.00 bits per heavy atom. The van der Waals surface area contributed by atoms with Gasteiger partial charge in [-0.15, -0.1) is 0 Å². The van der Waals surface area contributed by atoms with Gasteiger partial charge in [-0.1, -0.05) is 51.4 Å². The molecule has 0 aromatic carbocycles. The number of esters is 2. The first kappa shape index (κ1) is 28.1. The average Bonchev–Trinajstić information content (AvgIpc) is 2.85. The molecule has 8 heteroatoms. The van der Waals surface area contributed by atoms with Gasteiger partial charge in [0.1, 0.15) is 0 Å². The number of carbonyl (C=O) groups is 4. The fourth-order valence-electron chi connectivity index (χ4n) is 5.13. The van der Waals surface area contributed by atoms with Gasteiger partial charge in [-0.05, 0) is 38.5 Å². The van der Waals surface area contributed by atoms with Crippen molar-refractivity contribution in [1.82, 2.24) is 10.6 Å². The number of nitrogens with one attached hydrogen (secondary N) is 2. The molecule has 0 spiro atoms. The average molecular weight is 481 g/mol. The highest BCUT2D eigenvalue weighted by molar-refractivity contribution is 5.84. The van der Waals surface area contributed by atoms with Crippen molar-refractivity contribution in [2.45, 2.75) is 115 Å². The molecule has 2 aliphatic rings. The van der Waals surface area contributed by atoms with E-state index in [0.29, 0.717) is 25.7 Å². The van der Waals surface area contributed by atoms with Crippen molar-refractivity contribution in [3.05, 3.63) is 0 Å². The Kier molecular flexibility index (Phi) is 13.0. The Balaban J connectivity index is 1.86. The molecule has 0 bridgehead atoms. The highest BCUT2D eigenvalue weighted by atomic mass is 16.5. The lowest BCUT2D eigenvalue weighted by Gasteiger charge is -2.26. The van der Waals surface area contributed by atoms with E-state index in [-0.39, 0.29) is 48.7 Å². The van der Waals surface area contributed by atoms with Gasteiger partial charge >= 0.3 is 11.9 Å². The van der Waals surface area contributed by atoms with Gasteiger partial charge in [0.15, 0.2) is 0 Å². The van der Waals surface area contributed by atoms with E-state index in [1.807, 2.05) is 0 Å². The van der Waals surface area contributed by atoms with Crippen LogP contribution in [0.15, 0.2) is 0 Å². The van der Waals surface area contributed by atoms with Gasteiger partial charge in [-0.3, -0.25) is 19.2 Å². The maximum Gasteiger partial charge on any atom is 0.306 e. The van der Waals surface area contributed by atoms with Gasteiger partial charge < -0.3 is 20.1 Å². The largest absolute Gasteiger partial charge is 0.469 e. The third-order valence-corrected chi connectivity index (χ3v) is 7.28. The molecule has 2 saturated carbocycles. The minimum absolute atomic E-state index is 0.0583. The van der Waals surface area contributed by atoms with Crippen molar-refractivity contribution in [2.75, 3.05) is 14.2 Å². The van der Waals surface area contributed by atoms with E-state index in [2.05, 4.69) is 10.6 Å². The third-order valence-electron chi connectivity index (χ3n) is 7.28. The molecule has 2 amide bonds. The number of hydrogen-bond acceptors (Lipinski definition) is 6. The minimum atomic E-state index is -0.440. The second kappa shape index (κ2) is 15.7. The van der Waals surface area contributed by atoms with Crippen LogP contribution in [0.1, 0.15) is 103 Å². The molecule has 0 aliphatic heterocycles. The highest BCUT2D eigenvalue weighted by Gasteiger charge is 2.27. The van der Waals surface area contributed by atoms with Crippen molar-refractivity contribution in [3.63, 3.8) is 0 Å². The van der Waals surface area contributed by atoms with Crippen LogP contribution in [0.3, 0.4) is 0 Å². The fraction of sp³-hybridized carbons (Fsp3) is 0.846. The molecule has 0 heterocycles. The molecule has 194 valence electrons. The first-order chi connectivity index (χ1) is 16.4. The standard InChI is InChI=1S/C26H44N2O6/c1-33-23(29)17-19(25(31)27-21-13-5-3-6-14-21)11-9-10-12-20(18-24(30)34-2)26(32)28-22-15-7-4-8-16-22/h19-22H,3-18H2,1-2H3,(H,27,31)(H,28,32). The van der Waals surface area contributed by atoms with Gasteiger partial charge in [0, 0.05) is 23.9 Å². The number of hydrogen-bond donors (Lipinski definition) is 2. The number of methoxy groups -OCH3 is 2. The first-order valence-corrected chi connectivity index (χ1v) is 13.2. The summed E-state index contributed by atoms with van der Waals surface area (Å²) in [5.74, 6) is -1.83. The first-order valence-electron chi connectivity index (χ1n) is 13.2. The molecule has 8 nitrogen and oxygen atoms in total. The normalized spacial score (nSPS) is 19.0. The predicted octanol–water partition coefficient (Wildman–Crippen LogP) is 3.80. The molecule has 0 aromatic heterocycles. The zero-order chi connectivity index (χ0) is 24.8. The van der Waals surface area contributed by atoms with Gasteiger partial charge in [0.05, 0.1) is 27.1 Å². The van der Waals surface area contributed by atoms with Gasteiger partial charge in [0.2, 0.25) is 11.8 Å². The Morgan fingerprint density at radius 3 is 1.32 bits per heavy atom. The molecule has 0 aromatic rings. The van der Waals surface area contributed by atoms with Crippen LogP contribution < -0.4 is 10.6 Å². The number of carbonyl (C=O) groups excluding carboxylic acids is 4. The molecule has 2 unspecified atom stereocenters. The zero-order valence-corrected chi connectivity index (χ0v) is 21.1. The van der Waals surface area contributed by atoms with E-state index in [1.54, 1.807) is 0 Å². The molecule has 2 fully saturated rings. The van der Waals surface area contributed by atoms with Gasteiger partial charge in [0.25, 0.3) is 0 Å². The van der Waals surface area contributed by atoms with Crippen LogP contribution in [0.2, 0.25) is 0 Å². The van der Waals surface area contributed by atoms with Crippen LogP contribution in [0.5, 0.6) is 0 Å². The van der Waals surface area contributed by atoms with Crippen LogP contribution in [-0.2, 0) is 28.7 Å². The molecule has 2 atom stereocenters. The Morgan fingerprint density at radius 1 is 0.647 bits per heavy atom. The van der Waals surface area contributed by atoms with Crippen molar-refractivity contribution >= 4 is 23.8 Å². The van der Waals surface area contributed by atoms with E-state index in [0.717, 1.165) is 51.4 Å². The van der Waals surface area contributed by atoms with E-state index < -0.39 is 11.8 Å². The van der Waals surface area contributed by atoms with Gasteiger partial charge in [-0.25, -0.2) is 0 Å². The molecular formula is C26H44N2O6. The fourth-order valence-corrected chi connectivity index (χ4v) is 5.13. The van der Waals surface area contributed by atoms with Gasteiger partial charge in [-0.2, -0.15) is 0 Å². The Bertz CT molecular complexity index is 600. The number of rotatable bonds is 13. The number of unbranched alkanes of at least 4 members (excludes halogenated alkanes) is 1. The summed E-state index contributed by atoms with van der Waals surface area (Å²) in [6.45, 7) is 0. The summed E-state index contributed by atoms with van der Waals surface area (Å²) in [6, 6.07) is 0.378. The lowest BCUT2D eigenvalue weighted by Crippen LogP contribution is -2.41. The maximum absolute atomic E-state index is 12.9. The lowest BCUT2D eigenvalue weighted by molar-refractivity contribution is -0.145. The second-order valence-electron chi connectivity index (χ2n) is 9.93.